The van der Waals surface area contributed by atoms with Crippen LogP contribution in [0, 0.1) is 0 Å². The van der Waals surface area contributed by atoms with Gasteiger partial charge in [-0.15, -0.1) is 11.3 Å². The quantitative estimate of drug-likeness (QED) is 0.723. The average Bonchev–Trinajstić information content (AvgIpc) is 3.28. The van der Waals surface area contributed by atoms with Crippen molar-refractivity contribution >= 4 is 28.8 Å². The summed E-state index contributed by atoms with van der Waals surface area (Å²) in [6.45, 7) is 0.603. The second-order valence-electron chi connectivity index (χ2n) is 5.14. The van der Waals surface area contributed by atoms with E-state index in [1.165, 1.54) is 4.90 Å². The van der Waals surface area contributed by atoms with Crippen LogP contribution in [-0.2, 0) is 22.7 Å². The zero-order chi connectivity index (χ0) is 16.8. The largest absolute Gasteiger partial charge is 0.467 e. The van der Waals surface area contributed by atoms with Gasteiger partial charge in [0.1, 0.15) is 5.76 Å². The first-order valence-corrected chi connectivity index (χ1v) is 8.30. The number of para-hydroxylation sites is 1. The highest BCUT2D eigenvalue weighted by atomic mass is 32.1. The minimum atomic E-state index is -0.663. The van der Waals surface area contributed by atoms with E-state index in [4.69, 9.17) is 4.42 Å². The first kappa shape index (κ1) is 16.0. The van der Waals surface area contributed by atoms with Crippen LogP contribution in [0.4, 0.5) is 5.69 Å². The third-order valence-electron chi connectivity index (χ3n) is 3.37. The molecule has 1 aromatic carbocycles. The van der Waals surface area contributed by atoms with E-state index in [9.17, 15) is 9.59 Å². The minimum Gasteiger partial charge on any atom is -0.467 e. The Kier molecular flexibility index (Phi) is 5.08. The summed E-state index contributed by atoms with van der Waals surface area (Å²) in [5, 5.41) is 4.56. The number of furan rings is 1. The number of carbonyl (C=O) groups excluding carboxylic acids is 2. The first-order valence-electron chi connectivity index (χ1n) is 7.42. The Morgan fingerprint density at radius 2 is 1.83 bits per heavy atom. The number of carbonyl (C=O) groups is 2. The molecule has 2 aromatic heterocycles. The van der Waals surface area contributed by atoms with E-state index in [1.807, 2.05) is 23.6 Å². The Balaban J connectivity index is 1.73. The van der Waals surface area contributed by atoms with Crippen LogP contribution in [0.2, 0.25) is 0 Å². The summed E-state index contributed by atoms with van der Waals surface area (Å²) in [6, 6.07) is 16.3. The molecule has 24 heavy (non-hydrogen) atoms. The highest BCUT2D eigenvalue weighted by Gasteiger charge is 2.23. The van der Waals surface area contributed by atoms with Crippen LogP contribution in [-0.4, -0.2) is 16.7 Å². The maximum Gasteiger partial charge on any atom is 0.313 e. The van der Waals surface area contributed by atoms with Gasteiger partial charge in [0.2, 0.25) is 0 Å². The monoisotopic (exact) mass is 340 g/mol. The van der Waals surface area contributed by atoms with Crippen molar-refractivity contribution in [1.82, 2.24) is 4.90 Å². The van der Waals surface area contributed by atoms with Gasteiger partial charge in [0.25, 0.3) is 0 Å². The van der Waals surface area contributed by atoms with Crippen molar-refractivity contribution in [2.45, 2.75) is 13.1 Å². The van der Waals surface area contributed by atoms with Gasteiger partial charge in [-0.25, -0.2) is 0 Å². The Hall–Kier alpha value is -2.86. The van der Waals surface area contributed by atoms with E-state index in [2.05, 4.69) is 5.32 Å². The first-order chi connectivity index (χ1) is 11.7. The number of thiophene rings is 1. The van der Waals surface area contributed by atoms with Crippen molar-refractivity contribution < 1.29 is 14.0 Å². The lowest BCUT2D eigenvalue weighted by atomic mass is 10.3. The fourth-order valence-corrected chi connectivity index (χ4v) is 2.95. The molecule has 0 fully saturated rings. The van der Waals surface area contributed by atoms with E-state index >= 15 is 0 Å². The molecule has 0 atom stereocenters. The molecule has 3 aromatic rings. The number of rotatable bonds is 5. The Bertz CT molecular complexity index is 747. The van der Waals surface area contributed by atoms with Crippen LogP contribution in [0.15, 0.2) is 70.7 Å². The molecule has 1 N–H and O–H groups in total. The van der Waals surface area contributed by atoms with Crippen LogP contribution in [0.3, 0.4) is 0 Å². The van der Waals surface area contributed by atoms with Gasteiger partial charge >= 0.3 is 11.8 Å². The Morgan fingerprint density at radius 3 is 2.50 bits per heavy atom. The lowest BCUT2D eigenvalue weighted by Crippen LogP contribution is -2.38. The summed E-state index contributed by atoms with van der Waals surface area (Å²) in [6.07, 6.45) is 1.55. The molecule has 0 aliphatic rings. The average molecular weight is 340 g/mol. The van der Waals surface area contributed by atoms with E-state index in [0.29, 0.717) is 18.0 Å². The summed E-state index contributed by atoms with van der Waals surface area (Å²) < 4.78 is 5.31. The van der Waals surface area contributed by atoms with E-state index < -0.39 is 11.8 Å². The highest BCUT2D eigenvalue weighted by molar-refractivity contribution is 7.09. The van der Waals surface area contributed by atoms with Crippen LogP contribution in [0.5, 0.6) is 0 Å². The molecule has 6 heteroatoms. The molecule has 0 aliphatic carbocycles. The fourth-order valence-electron chi connectivity index (χ4n) is 2.23. The van der Waals surface area contributed by atoms with Crippen LogP contribution in [0.25, 0.3) is 0 Å². The summed E-state index contributed by atoms with van der Waals surface area (Å²) in [4.78, 5) is 27.3. The molecular weight excluding hydrogens is 324 g/mol. The number of benzene rings is 1. The van der Waals surface area contributed by atoms with Gasteiger partial charge in [0.15, 0.2) is 0 Å². The van der Waals surface area contributed by atoms with Crippen molar-refractivity contribution in [3.63, 3.8) is 0 Å². The molecule has 0 saturated carbocycles. The topological polar surface area (TPSA) is 62.6 Å². The van der Waals surface area contributed by atoms with Crippen molar-refractivity contribution in [3.05, 3.63) is 76.9 Å². The molecule has 2 amide bonds. The smallest absolute Gasteiger partial charge is 0.313 e. The molecule has 2 heterocycles. The fraction of sp³-hybridized carbons (Fsp3) is 0.111. The Morgan fingerprint density at radius 1 is 1.00 bits per heavy atom. The van der Waals surface area contributed by atoms with Crippen LogP contribution < -0.4 is 5.32 Å². The zero-order valence-corrected chi connectivity index (χ0v) is 13.7. The standard InChI is InChI=1S/C18H16N2O3S/c21-17(19-14-6-2-1-3-7-14)18(22)20(12-15-8-4-10-23-15)13-16-9-5-11-24-16/h1-11H,12-13H2,(H,19,21). The summed E-state index contributed by atoms with van der Waals surface area (Å²) in [5.41, 5.74) is 0.588. The number of nitrogens with one attached hydrogen (secondary N) is 1. The van der Waals surface area contributed by atoms with Gasteiger partial charge in [0, 0.05) is 10.6 Å². The van der Waals surface area contributed by atoms with Crippen molar-refractivity contribution in [2.24, 2.45) is 0 Å². The van der Waals surface area contributed by atoms with E-state index in [-0.39, 0.29) is 6.54 Å². The van der Waals surface area contributed by atoms with Crippen molar-refractivity contribution in [3.8, 4) is 0 Å². The van der Waals surface area contributed by atoms with Crippen LogP contribution >= 0.6 is 11.3 Å². The third kappa shape index (κ3) is 4.11. The van der Waals surface area contributed by atoms with Gasteiger partial charge in [0.05, 0.1) is 19.4 Å². The molecule has 122 valence electrons. The van der Waals surface area contributed by atoms with Gasteiger partial charge in [-0.1, -0.05) is 24.3 Å². The maximum atomic E-state index is 12.6. The predicted molar refractivity (Wildman–Crippen MR) is 92.4 cm³/mol. The SMILES string of the molecule is O=C(Nc1ccccc1)C(=O)N(Cc1ccco1)Cc1cccs1. The van der Waals surface area contributed by atoms with Gasteiger partial charge in [-0.3, -0.25) is 9.59 Å². The lowest BCUT2D eigenvalue weighted by Gasteiger charge is -2.20. The van der Waals surface area contributed by atoms with Gasteiger partial charge < -0.3 is 14.6 Å². The van der Waals surface area contributed by atoms with Crippen LogP contribution in [0.1, 0.15) is 10.6 Å². The van der Waals surface area contributed by atoms with Crippen molar-refractivity contribution in [2.75, 3.05) is 5.32 Å². The molecule has 3 rings (SSSR count). The van der Waals surface area contributed by atoms with E-state index in [0.717, 1.165) is 4.88 Å². The second kappa shape index (κ2) is 7.61. The minimum absolute atomic E-state index is 0.242. The van der Waals surface area contributed by atoms with E-state index in [1.54, 1.807) is 54.0 Å². The molecule has 0 aliphatic heterocycles. The number of amides is 2. The molecular formula is C18H16N2O3S. The molecule has 0 saturated heterocycles. The van der Waals surface area contributed by atoms with Gasteiger partial charge in [-0.2, -0.15) is 0 Å². The number of nitrogens with zero attached hydrogens (tertiary/aromatic N) is 1. The third-order valence-corrected chi connectivity index (χ3v) is 4.23. The van der Waals surface area contributed by atoms with Gasteiger partial charge in [-0.05, 0) is 35.7 Å². The number of hydrogen-bond acceptors (Lipinski definition) is 4. The highest BCUT2D eigenvalue weighted by Crippen LogP contribution is 2.16. The maximum absolute atomic E-state index is 12.6. The summed E-state index contributed by atoms with van der Waals surface area (Å²) >= 11 is 1.54. The summed E-state index contributed by atoms with van der Waals surface area (Å²) in [7, 11) is 0. The second-order valence-corrected chi connectivity index (χ2v) is 6.17. The molecule has 0 radical (unpaired) electrons. The summed E-state index contributed by atoms with van der Waals surface area (Å²) in [5.74, 6) is -0.625. The predicted octanol–water partition coefficient (Wildman–Crippen LogP) is 3.51. The Labute approximate surface area is 143 Å². The molecule has 0 bridgehead atoms. The zero-order valence-electron chi connectivity index (χ0n) is 12.8. The number of anilines is 1. The normalized spacial score (nSPS) is 10.3. The van der Waals surface area contributed by atoms with Crippen molar-refractivity contribution in [1.29, 1.82) is 0 Å². The molecule has 0 unspecified atom stereocenters. The lowest BCUT2D eigenvalue weighted by molar-refractivity contribution is -0.144. The number of hydrogen-bond donors (Lipinski definition) is 1. The molecule has 5 nitrogen and oxygen atoms in total. The molecule has 0 spiro atoms.